The van der Waals surface area contributed by atoms with Crippen LogP contribution in [-0.4, -0.2) is 62.3 Å². The molecule has 1 heterocycles. The van der Waals surface area contributed by atoms with Crippen LogP contribution in [0.5, 0.6) is 0 Å². The van der Waals surface area contributed by atoms with E-state index in [1.165, 1.54) is 0 Å². The molecule has 27 heavy (non-hydrogen) atoms. The Morgan fingerprint density at radius 2 is 1.52 bits per heavy atom. The molecule has 0 radical (unpaired) electrons. The average molecular weight is 387 g/mol. The molecule has 3 rings (SSSR count). The molecule has 0 aliphatic carbocycles. The Kier molecular flexibility index (Phi) is 5.97. The number of nitrogens with zero attached hydrogens (tertiary/aromatic N) is 2. The molecule has 0 aromatic heterocycles. The fourth-order valence-corrected chi connectivity index (χ4v) is 5.45. The first kappa shape index (κ1) is 19.6. The Morgan fingerprint density at radius 3 is 1.96 bits per heavy atom. The summed E-state index contributed by atoms with van der Waals surface area (Å²) in [4.78, 5) is 16.4. The average Bonchev–Trinajstić information content (AvgIpc) is 3.03. The quantitative estimate of drug-likeness (QED) is 0.765. The van der Waals surface area contributed by atoms with Gasteiger partial charge in [0.2, 0.25) is 5.91 Å². The molecule has 0 N–H and O–H groups in total. The van der Waals surface area contributed by atoms with Crippen LogP contribution in [0, 0.1) is 0 Å². The van der Waals surface area contributed by atoms with Crippen molar-refractivity contribution in [3.05, 3.63) is 71.8 Å². The molecule has 6 heteroatoms. The highest BCUT2D eigenvalue weighted by Crippen LogP contribution is 2.27. The molecule has 144 valence electrons. The largest absolute Gasteiger partial charge is 0.341 e. The van der Waals surface area contributed by atoms with Crippen molar-refractivity contribution in [3.63, 3.8) is 0 Å². The van der Waals surface area contributed by atoms with Crippen LogP contribution in [-0.2, 0) is 14.6 Å². The van der Waals surface area contributed by atoms with Gasteiger partial charge in [-0.3, -0.25) is 9.69 Å². The van der Waals surface area contributed by atoms with E-state index in [1.807, 2.05) is 48.3 Å². The molecule has 1 unspecified atom stereocenters. The lowest BCUT2D eigenvalue weighted by Crippen LogP contribution is -2.44. The van der Waals surface area contributed by atoms with Crippen molar-refractivity contribution in [2.75, 3.05) is 32.1 Å². The summed E-state index contributed by atoms with van der Waals surface area (Å²) in [5, 5.41) is 0. The van der Waals surface area contributed by atoms with Crippen LogP contribution in [0.2, 0.25) is 0 Å². The molecule has 1 atom stereocenters. The predicted octanol–water partition coefficient (Wildman–Crippen LogP) is 2.35. The number of sulfone groups is 1. The molecule has 1 aliphatic rings. The van der Waals surface area contributed by atoms with Crippen molar-refractivity contribution in [3.8, 4) is 0 Å². The van der Waals surface area contributed by atoms with Gasteiger partial charge < -0.3 is 4.90 Å². The van der Waals surface area contributed by atoms with Crippen LogP contribution >= 0.6 is 0 Å². The number of amides is 1. The monoisotopic (exact) mass is 386 g/mol. The van der Waals surface area contributed by atoms with E-state index < -0.39 is 9.84 Å². The van der Waals surface area contributed by atoms with E-state index in [2.05, 4.69) is 24.3 Å². The van der Waals surface area contributed by atoms with Crippen molar-refractivity contribution in [2.45, 2.75) is 18.5 Å². The summed E-state index contributed by atoms with van der Waals surface area (Å²) in [5.41, 5.74) is 2.23. The van der Waals surface area contributed by atoms with Crippen LogP contribution in [0.25, 0.3) is 0 Å². The second kappa shape index (κ2) is 8.23. The minimum Gasteiger partial charge on any atom is -0.341 e. The van der Waals surface area contributed by atoms with E-state index in [0.717, 1.165) is 11.1 Å². The van der Waals surface area contributed by atoms with E-state index >= 15 is 0 Å². The highest BCUT2D eigenvalue weighted by Gasteiger charge is 2.33. The summed E-state index contributed by atoms with van der Waals surface area (Å²) < 4.78 is 23.4. The molecule has 0 saturated carbocycles. The number of hydrogen-bond acceptors (Lipinski definition) is 4. The third-order valence-corrected chi connectivity index (χ3v) is 6.96. The predicted molar refractivity (Wildman–Crippen MR) is 107 cm³/mol. The fourth-order valence-electron chi connectivity index (χ4n) is 3.67. The van der Waals surface area contributed by atoms with Gasteiger partial charge in [-0.15, -0.1) is 0 Å². The molecule has 5 nitrogen and oxygen atoms in total. The van der Waals surface area contributed by atoms with E-state index in [9.17, 15) is 13.2 Å². The lowest BCUT2D eigenvalue weighted by atomic mass is 9.97. The van der Waals surface area contributed by atoms with Gasteiger partial charge in [0, 0.05) is 13.1 Å². The Hall–Kier alpha value is -2.18. The molecule has 2 aromatic carbocycles. The highest BCUT2D eigenvalue weighted by molar-refractivity contribution is 7.91. The van der Waals surface area contributed by atoms with E-state index in [4.69, 9.17) is 0 Å². The van der Waals surface area contributed by atoms with E-state index in [-0.39, 0.29) is 36.0 Å². The molecule has 1 amide bonds. The first-order valence-corrected chi connectivity index (χ1v) is 11.0. The third kappa shape index (κ3) is 4.76. The van der Waals surface area contributed by atoms with Gasteiger partial charge in [0.05, 0.1) is 24.1 Å². The Bertz CT molecular complexity index is 829. The van der Waals surface area contributed by atoms with Gasteiger partial charge in [-0.1, -0.05) is 60.7 Å². The van der Waals surface area contributed by atoms with Crippen LogP contribution in [0.4, 0.5) is 0 Å². The standard InChI is InChI=1S/C21H26N2O3S/c1-22(15-20(24)23(2)19-13-14-27(25,26)16-19)21(17-9-5-3-6-10-17)18-11-7-4-8-12-18/h3-12,19,21H,13-16H2,1-2H3. The molecule has 0 spiro atoms. The van der Waals surface area contributed by atoms with Crippen molar-refractivity contribution < 1.29 is 13.2 Å². The molecule has 1 aliphatic heterocycles. The SMILES string of the molecule is CN(CC(=O)N(C)C1CCS(=O)(=O)C1)C(c1ccccc1)c1ccccc1. The van der Waals surface area contributed by atoms with Crippen LogP contribution in [0.1, 0.15) is 23.6 Å². The highest BCUT2D eigenvalue weighted by atomic mass is 32.2. The number of carbonyl (C=O) groups is 1. The number of carbonyl (C=O) groups excluding carboxylic acids is 1. The Balaban J connectivity index is 1.77. The van der Waals surface area contributed by atoms with Crippen molar-refractivity contribution in [2.24, 2.45) is 0 Å². The summed E-state index contributed by atoms with van der Waals surface area (Å²) in [6.07, 6.45) is 0.523. The maximum atomic E-state index is 12.8. The Morgan fingerprint density at radius 1 is 1.00 bits per heavy atom. The number of rotatable bonds is 6. The molecule has 2 aromatic rings. The second-order valence-electron chi connectivity index (χ2n) is 7.20. The summed E-state index contributed by atoms with van der Waals surface area (Å²) in [6, 6.07) is 19.9. The zero-order valence-electron chi connectivity index (χ0n) is 15.8. The minimum atomic E-state index is -3.01. The van der Waals surface area contributed by atoms with Crippen molar-refractivity contribution >= 4 is 15.7 Å². The van der Waals surface area contributed by atoms with Gasteiger partial charge in [-0.2, -0.15) is 0 Å². The number of benzene rings is 2. The van der Waals surface area contributed by atoms with E-state index in [0.29, 0.717) is 6.42 Å². The minimum absolute atomic E-state index is 0.0444. The fraction of sp³-hybridized carbons (Fsp3) is 0.381. The summed E-state index contributed by atoms with van der Waals surface area (Å²) >= 11 is 0. The number of hydrogen-bond donors (Lipinski definition) is 0. The summed E-state index contributed by atoms with van der Waals surface area (Å²) in [5.74, 6) is 0.179. The van der Waals surface area contributed by atoms with Crippen molar-refractivity contribution in [1.29, 1.82) is 0 Å². The zero-order valence-corrected chi connectivity index (χ0v) is 16.6. The van der Waals surface area contributed by atoms with Gasteiger partial charge >= 0.3 is 0 Å². The lowest BCUT2D eigenvalue weighted by molar-refractivity contribution is -0.132. The van der Waals surface area contributed by atoms with Crippen molar-refractivity contribution in [1.82, 2.24) is 9.80 Å². The first-order chi connectivity index (χ1) is 12.9. The second-order valence-corrected chi connectivity index (χ2v) is 9.43. The smallest absolute Gasteiger partial charge is 0.236 e. The maximum Gasteiger partial charge on any atom is 0.236 e. The first-order valence-electron chi connectivity index (χ1n) is 9.13. The summed E-state index contributed by atoms with van der Waals surface area (Å²) in [6.45, 7) is 0.224. The van der Waals surface area contributed by atoms with Gasteiger partial charge in [-0.05, 0) is 24.6 Å². The molecule has 0 bridgehead atoms. The molecule has 1 saturated heterocycles. The topological polar surface area (TPSA) is 57.7 Å². The van der Waals surface area contributed by atoms with Gasteiger partial charge in [-0.25, -0.2) is 8.42 Å². The normalized spacial score (nSPS) is 18.7. The molecule has 1 fully saturated rings. The maximum absolute atomic E-state index is 12.8. The zero-order chi connectivity index (χ0) is 19.4. The van der Waals surface area contributed by atoms with Gasteiger partial charge in [0.15, 0.2) is 9.84 Å². The van der Waals surface area contributed by atoms with E-state index in [1.54, 1.807) is 11.9 Å². The van der Waals surface area contributed by atoms with Crippen LogP contribution in [0.15, 0.2) is 60.7 Å². The van der Waals surface area contributed by atoms with Crippen LogP contribution < -0.4 is 0 Å². The summed E-state index contributed by atoms with van der Waals surface area (Å²) in [7, 11) is 0.630. The lowest BCUT2D eigenvalue weighted by Gasteiger charge is -2.31. The van der Waals surface area contributed by atoms with Crippen LogP contribution in [0.3, 0.4) is 0 Å². The van der Waals surface area contributed by atoms with Gasteiger partial charge in [0.25, 0.3) is 0 Å². The Labute approximate surface area is 161 Å². The molecular weight excluding hydrogens is 360 g/mol. The molecular formula is C21H26N2O3S. The van der Waals surface area contributed by atoms with Gasteiger partial charge in [0.1, 0.15) is 0 Å². The third-order valence-electron chi connectivity index (χ3n) is 5.21. The number of likely N-dealkylation sites (N-methyl/N-ethyl adjacent to an activating group) is 2.